The summed E-state index contributed by atoms with van der Waals surface area (Å²) in [6.45, 7) is 5.18. The fraction of sp³-hybridized carbons (Fsp3) is 0.286. The third-order valence-electron chi connectivity index (χ3n) is 6.38. The van der Waals surface area contributed by atoms with Gasteiger partial charge in [0.05, 0.1) is 35.3 Å². The Morgan fingerprint density at radius 1 is 1.13 bits per heavy atom. The Balaban J connectivity index is 1.41. The number of anilines is 1. The van der Waals surface area contributed by atoms with Gasteiger partial charge in [-0.1, -0.05) is 26.0 Å². The van der Waals surface area contributed by atoms with Crippen LogP contribution in [0.2, 0.25) is 0 Å². The molecule has 0 aliphatic carbocycles. The van der Waals surface area contributed by atoms with Crippen molar-refractivity contribution in [3.63, 3.8) is 0 Å². The normalized spacial score (nSPS) is 11.8. The monoisotopic (exact) mass is 518 g/mol. The molecule has 1 aromatic carbocycles. The van der Waals surface area contributed by atoms with Crippen molar-refractivity contribution >= 4 is 28.1 Å². The fourth-order valence-electron chi connectivity index (χ4n) is 4.32. The molecule has 10 heteroatoms. The number of halogens is 2. The molecule has 8 nitrogen and oxygen atoms in total. The van der Waals surface area contributed by atoms with Crippen LogP contribution in [0, 0.1) is 6.92 Å². The van der Waals surface area contributed by atoms with Crippen LogP contribution in [0.1, 0.15) is 47.8 Å². The van der Waals surface area contributed by atoms with Gasteiger partial charge in [0.1, 0.15) is 17.1 Å². The highest BCUT2D eigenvalue weighted by atomic mass is 19.3. The molecule has 0 fully saturated rings. The van der Waals surface area contributed by atoms with Crippen molar-refractivity contribution in [2.45, 2.75) is 46.1 Å². The van der Waals surface area contributed by atoms with Crippen molar-refractivity contribution in [1.29, 1.82) is 0 Å². The lowest BCUT2D eigenvalue weighted by atomic mass is 10.1. The molecule has 0 saturated heterocycles. The summed E-state index contributed by atoms with van der Waals surface area (Å²) in [6.07, 6.45) is 3.41. The predicted octanol–water partition coefficient (Wildman–Crippen LogP) is 5.67. The van der Waals surface area contributed by atoms with Gasteiger partial charge in [0.15, 0.2) is 6.61 Å². The first kappa shape index (κ1) is 25.3. The van der Waals surface area contributed by atoms with Crippen LogP contribution in [0.25, 0.3) is 16.6 Å². The molecule has 1 N–H and O–H groups in total. The van der Waals surface area contributed by atoms with E-state index in [9.17, 15) is 13.6 Å². The smallest absolute Gasteiger partial charge is 0.281 e. The van der Waals surface area contributed by atoms with E-state index in [2.05, 4.69) is 15.3 Å². The number of rotatable bonds is 9. The highest BCUT2D eigenvalue weighted by molar-refractivity contribution is 6.08. The number of aromatic nitrogens is 5. The quantitative estimate of drug-likeness (QED) is 0.272. The molecule has 0 atom stereocenters. The molecule has 1 amide bonds. The van der Waals surface area contributed by atoms with Crippen LogP contribution in [0.3, 0.4) is 0 Å². The summed E-state index contributed by atoms with van der Waals surface area (Å²) >= 11 is 0. The van der Waals surface area contributed by atoms with E-state index in [0.717, 1.165) is 28.0 Å². The minimum Gasteiger partial charge on any atom is -0.487 e. The van der Waals surface area contributed by atoms with Crippen LogP contribution >= 0.6 is 0 Å². The van der Waals surface area contributed by atoms with Gasteiger partial charge >= 0.3 is 0 Å². The first-order chi connectivity index (χ1) is 18.3. The number of alkyl halides is 2. The van der Waals surface area contributed by atoms with E-state index in [1.165, 1.54) is 25.3 Å². The van der Waals surface area contributed by atoms with E-state index in [4.69, 9.17) is 9.84 Å². The number of hydrogen-bond donors (Lipinski definition) is 1. The zero-order chi connectivity index (χ0) is 26.9. The van der Waals surface area contributed by atoms with Gasteiger partial charge in [0, 0.05) is 29.8 Å². The Labute approximate surface area is 218 Å². The number of carbonyl (C=O) groups is 1. The molecule has 0 bridgehead atoms. The van der Waals surface area contributed by atoms with Crippen molar-refractivity contribution < 1.29 is 18.3 Å². The maximum atomic E-state index is 13.6. The van der Waals surface area contributed by atoms with E-state index in [1.807, 2.05) is 54.9 Å². The summed E-state index contributed by atoms with van der Waals surface area (Å²) in [5, 5.41) is 8.69. The van der Waals surface area contributed by atoms with E-state index in [-0.39, 0.29) is 18.1 Å². The van der Waals surface area contributed by atoms with E-state index in [1.54, 1.807) is 10.6 Å². The van der Waals surface area contributed by atoms with Crippen molar-refractivity contribution in [3.05, 3.63) is 83.7 Å². The number of imidazole rings is 1. The number of ether oxygens (including phenoxy) is 1. The molecule has 4 heterocycles. The van der Waals surface area contributed by atoms with Crippen molar-refractivity contribution in [2.75, 3.05) is 11.9 Å². The van der Waals surface area contributed by atoms with Gasteiger partial charge in [-0.05, 0) is 43.7 Å². The third kappa shape index (κ3) is 5.06. The van der Waals surface area contributed by atoms with Gasteiger partial charge in [0.25, 0.3) is 11.8 Å². The van der Waals surface area contributed by atoms with E-state index in [0.29, 0.717) is 30.0 Å². The fourth-order valence-corrected chi connectivity index (χ4v) is 4.32. The summed E-state index contributed by atoms with van der Waals surface area (Å²) in [4.78, 5) is 22.2. The zero-order valence-electron chi connectivity index (χ0n) is 21.4. The molecule has 0 aliphatic heterocycles. The zero-order valence-corrected chi connectivity index (χ0v) is 21.4. The van der Waals surface area contributed by atoms with E-state index < -0.39 is 12.5 Å². The summed E-state index contributed by atoms with van der Waals surface area (Å²) < 4.78 is 35.8. The summed E-state index contributed by atoms with van der Waals surface area (Å²) in [5.41, 5.74) is 4.96. The Morgan fingerprint density at radius 2 is 1.95 bits per heavy atom. The van der Waals surface area contributed by atoms with Gasteiger partial charge < -0.3 is 10.1 Å². The molecular formula is C28H28F2N6O2. The lowest BCUT2D eigenvalue weighted by molar-refractivity contribution is -0.0436. The van der Waals surface area contributed by atoms with Crippen molar-refractivity contribution in [3.8, 4) is 5.75 Å². The number of hydrogen-bond acceptors (Lipinski definition) is 5. The Bertz CT molecular complexity index is 1620. The average molecular weight is 519 g/mol. The van der Waals surface area contributed by atoms with Crippen LogP contribution in [0.4, 0.5) is 14.5 Å². The minimum atomic E-state index is -2.91. The van der Waals surface area contributed by atoms with Crippen LogP contribution in [-0.4, -0.2) is 42.6 Å². The number of fused-ring (bicyclic) bond motifs is 2. The topological polar surface area (TPSA) is 86.3 Å². The maximum Gasteiger partial charge on any atom is 0.281 e. The van der Waals surface area contributed by atoms with Crippen LogP contribution in [0.15, 0.2) is 60.9 Å². The van der Waals surface area contributed by atoms with Gasteiger partial charge in [-0.15, -0.1) is 0 Å². The number of nitrogens with one attached hydrogen (secondary N) is 1. The lowest BCUT2D eigenvalue weighted by Gasteiger charge is -2.15. The largest absolute Gasteiger partial charge is 0.487 e. The molecule has 5 aromatic rings. The van der Waals surface area contributed by atoms with E-state index >= 15 is 0 Å². The first-order valence-corrected chi connectivity index (χ1v) is 12.5. The second kappa shape index (κ2) is 10.2. The molecular weight excluding hydrogens is 490 g/mol. The molecule has 5 rings (SSSR count). The number of benzene rings is 1. The first-order valence-electron chi connectivity index (χ1n) is 12.5. The molecule has 4 aromatic heterocycles. The highest BCUT2D eigenvalue weighted by Gasteiger charge is 2.27. The number of aryl methyl sites for hydroxylation is 2. The standard InChI is InChI=1S/C28H28F2N6O2/c1-4-21-26-22(10-7-11-23(26)36(34-21)16-19-9-6-8-18(3)32-19)33-27(37)24-15-31-25-14-20(12-13-35(24)25)38-17-28(29,30)5-2/h6-15H,4-5,16-17H2,1-3H3,(H,33,37). The maximum absolute atomic E-state index is 13.6. The van der Waals surface area contributed by atoms with Crippen molar-refractivity contribution in [2.24, 2.45) is 0 Å². The molecule has 196 valence electrons. The molecule has 0 saturated carbocycles. The Kier molecular flexibility index (Phi) is 6.79. The third-order valence-corrected chi connectivity index (χ3v) is 6.38. The highest BCUT2D eigenvalue weighted by Crippen LogP contribution is 2.29. The second-order valence-corrected chi connectivity index (χ2v) is 9.11. The second-order valence-electron chi connectivity index (χ2n) is 9.11. The van der Waals surface area contributed by atoms with Crippen molar-refractivity contribution in [1.82, 2.24) is 24.1 Å². The Morgan fingerprint density at radius 3 is 2.71 bits per heavy atom. The SMILES string of the molecule is CCc1nn(Cc2cccc(C)n2)c2cccc(NC(=O)c3cnc4cc(OCC(F)(F)CC)ccn34)c12. The number of amides is 1. The average Bonchev–Trinajstić information content (AvgIpc) is 3.49. The van der Waals surface area contributed by atoms with Crippen LogP contribution in [-0.2, 0) is 13.0 Å². The number of pyridine rings is 2. The van der Waals surface area contributed by atoms with Gasteiger partial charge in [-0.25, -0.2) is 13.8 Å². The summed E-state index contributed by atoms with van der Waals surface area (Å²) in [7, 11) is 0. The number of nitrogens with zero attached hydrogens (tertiary/aromatic N) is 5. The molecule has 38 heavy (non-hydrogen) atoms. The van der Waals surface area contributed by atoms with Crippen LogP contribution in [0.5, 0.6) is 5.75 Å². The molecule has 0 unspecified atom stereocenters. The summed E-state index contributed by atoms with van der Waals surface area (Å²) in [6, 6.07) is 14.7. The summed E-state index contributed by atoms with van der Waals surface area (Å²) in [5.74, 6) is -3.00. The van der Waals surface area contributed by atoms with Gasteiger partial charge in [-0.3, -0.25) is 18.9 Å². The molecule has 0 radical (unpaired) electrons. The predicted molar refractivity (Wildman–Crippen MR) is 141 cm³/mol. The molecule has 0 spiro atoms. The van der Waals surface area contributed by atoms with Gasteiger partial charge in [0.2, 0.25) is 0 Å². The van der Waals surface area contributed by atoms with Crippen LogP contribution < -0.4 is 10.1 Å². The lowest BCUT2D eigenvalue weighted by Crippen LogP contribution is -2.24. The minimum absolute atomic E-state index is 0.260. The number of carbonyl (C=O) groups excluding carboxylic acids is 1. The Hall–Kier alpha value is -4.34. The van der Waals surface area contributed by atoms with Gasteiger partial charge in [-0.2, -0.15) is 5.10 Å². The molecule has 0 aliphatic rings.